The summed E-state index contributed by atoms with van der Waals surface area (Å²) in [6.07, 6.45) is -0.223. The second-order valence-corrected chi connectivity index (χ2v) is 6.72. The fourth-order valence-corrected chi connectivity index (χ4v) is 3.19. The number of fused-ring (bicyclic) bond motifs is 1. The van der Waals surface area contributed by atoms with Crippen LogP contribution in [0.25, 0.3) is 10.9 Å². The minimum absolute atomic E-state index is 0.0519. The van der Waals surface area contributed by atoms with E-state index in [1.807, 2.05) is 19.1 Å². The van der Waals surface area contributed by atoms with Gasteiger partial charge in [0, 0.05) is 50.2 Å². The van der Waals surface area contributed by atoms with Crippen molar-refractivity contribution in [3.8, 4) is 0 Å². The molecule has 3 rings (SSSR count). The fourth-order valence-electron chi connectivity index (χ4n) is 3.19. The van der Waals surface area contributed by atoms with Gasteiger partial charge in [0.05, 0.1) is 6.54 Å². The molecule has 0 saturated heterocycles. The second kappa shape index (κ2) is 9.02. The van der Waals surface area contributed by atoms with Gasteiger partial charge >= 0.3 is 6.18 Å². The monoisotopic (exact) mass is 406 g/mol. The van der Waals surface area contributed by atoms with Crippen molar-refractivity contribution in [1.82, 2.24) is 25.0 Å². The molecule has 0 aliphatic carbocycles. The maximum absolute atomic E-state index is 13.1. The van der Waals surface area contributed by atoms with Crippen LogP contribution < -0.4 is 10.6 Å². The highest BCUT2D eigenvalue weighted by Crippen LogP contribution is 2.30. The second-order valence-electron chi connectivity index (χ2n) is 6.72. The number of nitrogens with one attached hydrogen (secondary N) is 2. The summed E-state index contributed by atoms with van der Waals surface area (Å²) in [4.78, 5) is 4.29. The lowest BCUT2D eigenvalue weighted by molar-refractivity contribution is -0.142. The highest BCUT2D eigenvalue weighted by molar-refractivity contribution is 5.80. The smallest absolute Gasteiger partial charge is 0.357 e. The van der Waals surface area contributed by atoms with Crippen LogP contribution in [0.3, 0.4) is 0 Å². The topological polar surface area (TPSA) is 59.2 Å². The van der Waals surface area contributed by atoms with E-state index in [9.17, 15) is 13.2 Å². The molecule has 3 aromatic rings. The summed E-state index contributed by atoms with van der Waals surface area (Å²) in [6, 6.07) is 10.3. The van der Waals surface area contributed by atoms with Crippen LogP contribution in [-0.4, -0.2) is 33.4 Å². The van der Waals surface area contributed by atoms with Gasteiger partial charge < -0.3 is 15.2 Å². The number of aliphatic imine (C=N–C) groups is 1. The Morgan fingerprint density at radius 2 is 1.97 bits per heavy atom. The van der Waals surface area contributed by atoms with Gasteiger partial charge in [-0.2, -0.15) is 18.3 Å². The van der Waals surface area contributed by atoms with Crippen LogP contribution in [0.2, 0.25) is 0 Å². The molecule has 0 atom stereocenters. The van der Waals surface area contributed by atoms with Crippen molar-refractivity contribution in [1.29, 1.82) is 0 Å². The van der Waals surface area contributed by atoms with Gasteiger partial charge in [0.2, 0.25) is 0 Å². The first-order valence-electron chi connectivity index (χ1n) is 9.54. The van der Waals surface area contributed by atoms with E-state index in [0.717, 1.165) is 17.6 Å². The zero-order chi connectivity index (χ0) is 20.9. The summed E-state index contributed by atoms with van der Waals surface area (Å²) >= 11 is 0. The number of guanidine groups is 1. The van der Waals surface area contributed by atoms with E-state index in [0.29, 0.717) is 19.0 Å². The van der Waals surface area contributed by atoms with Gasteiger partial charge in [0.1, 0.15) is 0 Å². The molecular formula is C20H25F3N6. The number of para-hydroxylation sites is 1. The number of aromatic nitrogens is 3. The molecule has 0 aliphatic heterocycles. The number of aryl methyl sites for hydroxylation is 2. The van der Waals surface area contributed by atoms with E-state index in [4.69, 9.17) is 0 Å². The van der Waals surface area contributed by atoms with Crippen LogP contribution in [0.15, 0.2) is 47.7 Å². The Kier molecular flexibility index (Phi) is 6.46. The first kappa shape index (κ1) is 20.8. The van der Waals surface area contributed by atoms with E-state index >= 15 is 0 Å². The SMILES string of the molecule is CCNC(=NCc1cn(C)nc1C(F)(F)F)NCCCn1ccc2ccccc21. The molecule has 29 heavy (non-hydrogen) atoms. The van der Waals surface area contributed by atoms with E-state index in [1.165, 1.54) is 24.1 Å². The maximum atomic E-state index is 13.1. The highest BCUT2D eigenvalue weighted by atomic mass is 19.4. The largest absolute Gasteiger partial charge is 0.435 e. The molecule has 2 N–H and O–H groups in total. The third-order valence-electron chi connectivity index (χ3n) is 4.47. The van der Waals surface area contributed by atoms with Gasteiger partial charge in [-0.25, -0.2) is 4.99 Å². The average Bonchev–Trinajstić information content (AvgIpc) is 3.26. The molecule has 156 valence electrons. The molecule has 0 amide bonds. The molecule has 0 unspecified atom stereocenters. The molecule has 0 aliphatic rings. The number of nitrogens with zero attached hydrogens (tertiary/aromatic N) is 4. The minimum atomic E-state index is -4.49. The third-order valence-corrected chi connectivity index (χ3v) is 4.47. The molecule has 0 radical (unpaired) electrons. The Bertz CT molecular complexity index is 970. The summed E-state index contributed by atoms with van der Waals surface area (Å²) < 4.78 is 42.6. The molecule has 0 fully saturated rings. The molecule has 0 saturated carbocycles. The van der Waals surface area contributed by atoms with Crippen molar-refractivity contribution >= 4 is 16.9 Å². The predicted molar refractivity (Wildman–Crippen MR) is 108 cm³/mol. The normalized spacial score (nSPS) is 12.5. The Morgan fingerprint density at radius 3 is 2.72 bits per heavy atom. The van der Waals surface area contributed by atoms with Crippen LogP contribution in [0.4, 0.5) is 13.2 Å². The molecule has 2 heterocycles. The molecule has 6 nitrogen and oxygen atoms in total. The minimum Gasteiger partial charge on any atom is -0.357 e. The van der Waals surface area contributed by atoms with Crippen molar-refractivity contribution < 1.29 is 13.2 Å². The van der Waals surface area contributed by atoms with Crippen LogP contribution in [0, 0.1) is 0 Å². The summed E-state index contributed by atoms with van der Waals surface area (Å²) in [5, 5.41) is 11.0. The van der Waals surface area contributed by atoms with E-state index in [2.05, 4.69) is 49.7 Å². The van der Waals surface area contributed by atoms with E-state index < -0.39 is 11.9 Å². The Balaban J connectivity index is 1.57. The predicted octanol–water partition coefficient (Wildman–Crippen LogP) is 3.54. The van der Waals surface area contributed by atoms with Crippen molar-refractivity contribution in [3.63, 3.8) is 0 Å². The van der Waals surface area contributed by atoms with Gasteiger partial charge in [-0.15, -0.1) is 0 Å². The third kappa shape index (κ3) is 5.30. The van der Waals surface area contributed by atoms with Gasteiger partial charge in [-0.1, -0.05) is 18.2 Å². The number of halogens is 3. The van der Waals surface area contributed by atoms with Crippen molar-refractivity contribution in [3.05, 3.63) is 54.0 Å². The number of hydrogen-bond acceptors (Lipinski definition) is 2. The lowest BCUT2D eigenvalue weighted by atomic mass is 10.2. The highest BCUT2D eigenvalue weighted by Gasteiger charge is 2.36. The lowest BCUT2D eigenvalue weighted by Gasteiger charge is -2.12. The van der Waals surface area contributed by atoms with Crippen molar-refractivity contribution in [2.75, 3.05) is 13.1 Å². The number of benzene rings is 1. The van der Waals surface area contributed by atoms with Crippen LogP contribution in [0.1, 0.15) is 24.6 Å². The van der Waals surface area contributed by atoms with E-state index in [1.54, 1.807) is 0 Å². The number of alkyl halides is 3. The van der Waals surface area contributed by atoms with Gasteiger partial charge in [0.25, 0.3) is 0 Å². The Morgan fingerprint density at radius 1 is 1.17 bits per heavy atom. The quantitative estimate of drug-likeness (QED) is 0.359. The summed E-state index contributed by atoms with van der Waals surface area (Å²) in [6.45, 7) is 3.92. The first-order valence-corrected chi connectivity index (χ1v) is 9.54. The molecule has 9 heteroatoms. The molecule has 0 spiro atoms. The van der Waals surface area contributed by atoms with Crippen LogP contribution >= 0.6 is 0 Å². The summed E-state index contributed by atoms with van der Waals surface area (Å²) in [5.41, 5.74) is 0.347. The standard InChI is InChI=1S/C20H25F3N6/c1-3-24-19(26-13-16-14-28(2)27-18(16)20(21,22)23)25-10-6-11-29-12-9-15-7-4-5-8-17(15)29/h4-5,7-9,12,14H,3,6,10-11,13H2,1-2H3,(H2,24,25,26). The molecular weight excluding hydrogens is 381 g/mol. The summed E-state index contributed by atoms with van der Waals surface area (Å²) in [7, 11) is 1.47. The molecule has 0 bridgehead atoms. The lowest BCUT2D eigenvalue weighted by Crippen LogP contribution is -2.38. The number of rotatable bonds is 7. The van der Waals surface area contributed by atoms with Crippen molar-refractivity contribution in [2.24, 2.45) is 12.0 Å². The van der Waals surface area contributed by atoms with Crippen molar-refractivity contribution in [2.45, 2.75) is 32.6 Å². The number of hydrogen-bond donors (Lipinski definition) is 2. The average molecular weight is 406 g/mol. The Hall–Kier alpha value is -2.97. The van der Waals surface area contributed by atoms with Gasteiger partial charge in [-0.3, -0.25) is 4.68 Å². The fraction of sp³-hybridized carbons (Fsp3) is 0.400. The van der Waals surface area contributed by atoms with Crippen LogP contribution in [0.5, 0.6) is 0 Å². The maximum Gasteiger partial charge on any atom is 0.435 e. The zero-order valence-electron chi connectivity index (χ0n) is 16.5. The molecule has 2 aromatic heterocycles. The first-order chi connectivity index (χ1) is 13.9. The summed E-state index contributed by atoms with van der Waals surface area (Å²) in [5.74, 6) is 0.488. The Labute approximate surface area is 167 Å². The zero-order valence-corrected chi connectivity index (χ0v) is 16.5. The van der Waals surface area contributed by atoms with Gasteiger partial charge in [0.15, 0.2) is 11.7 Å². The van der Waals surface area contributed by atoms with Gasteiger partial charge in [-0.05, 0) is 30.9 Å². The van der Waals surface area contributed by atoms with E-state index in [-0.39, 0.29) is 12.1 Å². The molecule has 1 aromatic carbocycles. The van der Waals surface area contributed by atoms with Crippen LogP contribution in [-0.2, 0) is 26.3 Å².